The number of rotatable bonds is 6. The van der Waals surface area contributed by atoms with Crippen LogP contribution >= 0.6 is 0 Å². The van der Waals surface area contributed by atoms with Gasteiger partial charge in [-0.15, -0.1) is 0 Å². The lowest BCUT2D eigenvalue weighted by Crippen LogP contribution is -2.53. The molecular weight excluding hydrogens is 380 g/mol. The largest absolute Gasteiger partial charge is 0.381 e. The Balaban J connectivity index is 1.38. The van der Waals surface area contributed by atoms with E-state index in [1.54, 1.807) is 5.57 Å². The average Bonchev–Trinajstić information content (AvgIpc) is 3.31. The highest BCUT2D eigenvalue weighted by molar-refractivity contribution is 5.48. The molecule has 5 aliphatic rings. The number of hydrogen-bond donors (Lipinski definition) is 0. The molecule has 0 amide bonds. The topological polar surface area (TPSA) is 21.8 Å². The summed E-state index contributed by atoms with van der Waals surface area (Å²) in [5.74, 6) is 4.05. The zero-order valence-electron chi connectivity index (χ0n) is 21.4. The highest BCUT2D eigenvalue weighted by Crippen LogP contribution is 2.80. The molecule has 5 rings (SSSR count). The van der Waals surface area contributed by atoms with Gasteiger partial charge in [-0.05, 0) is 91.9 Å². The van der Waals surface area contributed by atoms with Gasteiger partial charge in [0.05, 0.1) is 6.10 Å². The number of epoxide rings is 1. The van der Waals surface area contributed by atoms with Crippen LogP contribution in [0.15, 0.2) is 11.6 Å². The van der Waals surface area contributed by atoms with Crippen LogP contribution in [-0.2, 0) is 9.47 Å². The number of hydrogen-bond acceptors (Lipinski definition) is 2. The minimum Gasteiger partial charge on any atom is -0.381 e. The molecule has 0 aromatic rings. The van der Waals surface area contributed by atoms with Crippen molar-refractivity contribution < 1.29 is 9.47 Å². The normalized spacial score (nSPS) is 50.1. The SMILES string of the molecule is CO[C@H]1CC[C@]2(C)C3=CC[C@]4(C)[C@@H]([C@H](C)CC[C@@H](C)C(C)C)CC[C@]45O[C@]35CCC2C1. The van der Waals surface area contributed by atoms with Gasteiger partial charge in [0.1, 0.15) is 11.2 Å². The van der Waals surface area contributed by atoms with E-state index < -0.39 is 0 Å². The smallest absolute Gasteiger partial charge is 0.120 e. The second kappa shape index (κ2) is 7.33. The molecule has 0 bridgehead atoms. The van der Waals surface area contributed by atoms with Crippen molar-refractivity contribution >= 4 is 0 Å². The van der Waals surface area contributed by atoms with E-state index in [0.29, 0.717) is 16.9 Å². The molecule has 31 heavy (non-hydrogen) atoms. The first-order valence-electron chi connectivity index (χ1n) is 13.6. The Labute approximate surface area is 191 Å². The fraction of sp³-hybridized carbons (Fsp3) is 0.931. The van der Waals surface area contributed by atoms with Crippen molar-refractivity contribution in [1.29, 1.82) is 0 Å². The van der Waals surface area contributed by atoms with E-state index in [4.69, 9.17) is 9.47 Å². The third-order valence-corrected chi connectivity index (χ3v) is 11.8. The van der Waals surface area contributed by atoms with Crippen molar-refractivity contribution in [2.45, 2.75) is 123 Å². The maximum atomic E-state index is 7.10. The summed E-state index contributed by atoms with van der Waals surface area (Å²) >= 11 is 0. The molecule has 0 aromatic heterocycles. The second-order valence-electron chi connectivity index (χ2n) is 13.2. The molecule has 0 aromatic carbocycles. The Morgan fingerprint density at radius 1 is 1.03 bits per heavy atom. The predicted molar refractivity (Wildman–Crippen MR) is 128 cm³/mol. The van der Waals surface area contributed by atoms with Gasteiger partial charge in [0.15, 0.2) is 0 Å². The average molecular weight is 429 g/mol. The molecule has 1 saturated heterocycles. The lowest BCUT2D eigenvalue weighted by Gasteiger charge is -2.54. The monoisotopic (exact) mass is 428 g/mol. The lowest BCUT2D eigenvalue weighted by atomic mass is 9.48. The molecule has 1 aliphatic heterocycles. The van der Waals surface area contributed by atoms with Gasteiger partial charge in [0.25, 0.3) is 0 Å². The molecule has 2 spiro atoms. The Bertz CT molecular complexity index is 741. The maximum absolute atomic E-state index is 7.10. The Kier molecular flexibility index (Phi) is 5.31. The number of methoxy groups -OCH3 is 1. The first kappa shape index (κ1) is 22.5. The van der Waals surface area contributed by atoms with E-state index in [9.17, 15) is 0 Å². The Morgan fingerprint density at radius 3 is 2.52 bits per heavy atom. The standard InChI is InChI=1S/C29H48O2/c1-19(2)20(3)8-9-21(4)24-12-17-29-27(24,6)15-13-25-26(5)14-11-23(30-7)18-22(26)10-16-28(25,29)31-29/h13,19-24H,8-12,14-18H2,1-7H3/t20-,21-,22?,23+,24-,26+,27-,28-,29+/m1/s1. The lowest BCUT2D eigenvalue weighted by molar-refractivity contribution is -0.0171. The molecule has 0 radical (unpaired) electrons. The highest BCUT2D eigenvalue weighted by atomic mass is 16.6. The van der Waals surface area contributed by atoms with Gasteiger partial charge >= 0.3 is 0 Å². The molecule has 3 saturated carbocycles. The van der Waals surface area contributed by atoms with E-state index in [0.717, 1.165) is 29.6 Å². The summed E-state index contributed by atoms with van der Waals surface area (Å²) in [6.07, 6.45) is 16.2. The predicted octanol–water partition coefficient (Wildman–Crippen LogP) is 7.56. The Hall–Kier alpha value is -0.340. The highest BCUT2D eigenvalue weighted by Gasteiger charge is 2.84. The zero-order valence-corrected chi connectivity index (χ0v) is 21.4. The maximum Gasteiger partial charge on any atom is 0.120 e. The summed E-state index contributed by atoms with van der Waals surface area (Å²) in [7, 11) is 1.91. The van der Waals surface area contributed by atoms with Gasteiger partial charge in [-0.1, -0.05) is 60.5 Å². The summed E-state index contributed by atoms with van der Waals surface area (Å²) in [4.78, 5) is 0. The molecule has 2 heteroatoms. The fourth-order valence-corrected chi connectivity index (χ4v) is 9.23. The first-order valence-corrected chi connectivity index (χ1v) is 13.6. The number of ether oxygens (including phenoxy) is 2. The summed E-state index contributed by atoms with van der Waals surface area (Å²) in [5, 5.41) is 0. The Morgan fingerprint density at radius 2 is 1.81 bits per heavy atom. The van der Waals surface area contributed by atoms with Crippen LogP contribution in [0.2, 0.25) is 0 Å². The van der Waals surface area contributed by atoms with Crippen LogP contribution < -0.4 is 0 Å². The second-order valence-corrected chi connectivity index (χ2v) is 13.2. The molecule has 1 heterocycles. The van der Waals surface area contributed by atoms with Gasteiger partial charge in [-0.25, -0.2) is 0 Å². The van der Waals surface area contributed by atoms with Gasteiger partial charge < -0.3 is 9.47 Å². The molecule has 176 valence electrons. The molecule has 4 fully saturated rings. The van der Waals surface area contributed by atoms with E-state index >= 15 is 0 Å². The van der Waals surface area contributed by atoms with Crippen LogP contribution in [0.1, 0.15) is 106 Å². The zero-order chi connectivity index (χ0) is 22.2. The molecule has 9 atom stereocenters. The van der Waals surface area contributed by atoms with Gasteiger partial charge in [-0.2, -0.15) is 0 Å². The minimum absolute atomic E-state index is 0.0881. The summed E-state index contributed by atoms with van der Waals surface area (Å²) in [5.41, 5.74) is 2.65. The number of fused-ring (bicyclic) bond motifs is 2. The van der Waals surface area contributed by atoms with Crippen molar-refractivity contribution in [2.75, 3.05) is 7.11 Å². The molecule has 1 unspecified atom stereocenters. The quantitative estimate of drug-likeness (QED) is 0.321. The van der Waals surface area contributed by atoms with Gasteiger partial charge in [-0.3, -0.25) is 0 Å². The summed E-state index contributed by atoms with van der Waals surface area (Å²) in [6, 6.07) is 0. The van der Waals surface area contributed by atoms with E-state index in [-0.39, 0.29) is 11.2 Å². The molecule has 2 nitrogen and oxygen atoms in total. The van der Waals surface area contributed by atoms with Gasteiger partial charge in [0, 0.05) is 12.5 Å². The van der Waals surface area contributed by atoms with Gasteiger partial charge in [0.2, 0.25) is 0 Å². The van der Waals surface area contributed by atoms with Crippen LogP contribution in [-0.4, -0.2) is 24.4 Å². The molecule has 4 aliphatic carbocycles. The third-order valence-electron chi connectivity index (χ3n) is 11.8. The molecular formula is C29H48O2. The summed E-state index contributed by atoms with van der Waals surface area (Å²) in [6.45, 7) is 15.0. The number of allylic oxidation sites excluding steroid dienone is 1. The van der Waals surface area contributed by atoms with Crippen LogP contribution in [0.4, 0.5) is 0 Å². The summed E-state index contributed by atoms with van der Waals surface area (Å²) < 4.78 is 12.9. The van der Waals surface area contributed by atoms with Crippen molar-refractivity contribution in [2.24, 2.45) is 40.4 Å². The van der Waals surface area contributed by atoms with Crippen LogP contribution in [0.25, 0.3) is 0 Å². The van der Waals surface area contributed by atoms with E-state index in [1.807, 2.05) is 7.11 Å². The van der Waals surface area contributed by atoms with E-state index in [1.165, 1.54) is 64.2 Å². The first-order chi connectivity index (χ1) is 14.6. The van der Waals surface area contributed by atoms with Crippen molar-refractivity contribution in [3.63, 3.8) is 0 Å². The van der Waals surface area contributed by atoms with Crippen molar-refractivity contribution in [1.82, 2.24) is 0 Å². The van der Waals surface area contributed by atoms with Crippen molar-refractivity contribution in [3.05, 3.63) is 11.6 Å². The van der Waals surface area contributed by atoms with Crippen molar-refractivity contribution in [3.8, 4) is 0 Å². The minimum atomic E-state index is 0.0881. The molecule has 0 N–H and O–H groups in total. The third kappa shape index (κ3) is 2.89. The van der Waals surface area contributed by atoms with E-state index in [2.05, 4.69) is 47.6 Å². The van der Waals surface area contributed by atoms with Crippen LogP contribution in [0, 0.1) is 40.4 Å². The van der Waals surface area contributed by atoms with Crippen LogP contribution in [0.3, 0.4) is 0 Å². The fourth-order valence-electron chi connectivity index (χ4n) is 9.23. The van der Waals surface area contributed by atoms with Crippen LogP contribution in [0.5, 0.6) is 0 Å².